The maximum absolute atomic E-state index is 14.5. The number of carbonyl (C=O) groups excluding carboxylic acids is 2. The van der Waals surface area contributed by atoms with Crippen LogP contribution in [0.2, 0.25) is 5.02 Å². The second kappa shape index (κ2) is 10.7. The smallest absolute Gasteiger partial charge is 0.338 e. The van der Waals surface area contributed by atoms with E-state index in [0.717, 1.165) is 11.3 Å². The molecule has 0 N–H and O–H groups in total. The van der Waals surface area contributed by atoms with Gasteiger partial charge in [0.05, 0.1) is 40.6 Å². The quantitative estimate of drug-likeness (QED) is 0.348. The summed E-state index contributed by atoms with van der Waals surface area (Å²) in [5.41, 5.74) is 0.585. The van der Waals surface area contributed by atoms with E-state index in [1.807, 2.05) is 0 Å². The van der Waals surface area contributed by atoms with Crippen LogP contribution in [0.1, 0.15) is 37.9 Å². The Morgan fingerprint density at radius 2 is 2.00 bits per heavy atom. The molecule has 11 heteroatoms. The van der Waals surface area contributed by atoms with Crippen LogP contribution < -0.4 is 24.4 Å². The highest BCUT2D eigenvalue weighted by Gasteiger charge is 2.34. The van der Waals surface area contributed by atoms with Gasteiger partial charge >= 0.3 is 11.9 Å². The predicted octanol–water partition coefficient (Wildman–Crippen LogP) is 3.52. The van der Waals surface area contributed by atoms with Crippen LogP contribution in [0.5, 0.6) is 11.5 Å². The third-order valence-electron chi connectivity index (χ3n) is 5.55. The van der Waals surface area contributed by atoms with Crippen molar-refractivity contribution >= 4 is 41.0 Å². The molecule has 8 nitrogen and oxygen atoms in total. The zero-order valence-electron chi connectivity index (χ0n) is 20.3. The summed E-state index contributed by atoms with van der Waals surface area (Å²) in [5.74, 6) is -1.34. The molecular formula is C26H22ClFN2O6S. The van der Waals surface area contributed by atoms with E-state index in [9.17, 15) is 18.8 Å². The molecule has 37 heavy (non-hydrogen) atoms. The van der Waals surface area contributed by atoms with Crippen molar-refractivity contribution in [1.29, 1.82) is 0 Å². The van der Waals surface area contributed by atoms with Gasteiger partial charge in [-0.15, -0.1) is 0 Å². The number of halogens is 2. The van der Waals surface area contributed by atoms with Crippen molar-refractivity contribution < 1.29 is 28.2 Å². The van der Waals surface area contributed by atoms with Gasteiger partial charge in [-0.25, -0.2) is 14.2 Å². The van der Waals surface area contributed by atoms with E-state index in [4.69, 9.17) is 25.8 Å². The molecule has 1 aliphatic rings. The largest absolute Gasteiger partial charge is 0.493 e. The Morgan fingerprint density at radius 3 is 2.65 bits per heavy atom. The molecule has 0 fully saturated rings. The number of ether oxygens (including phenoxy) is 3. The lowest BCUT2D eigenvalue weighted by Gasteiger charge is -2.25. The van der Waals surface area contributed by atoms with E-state index in [1.165, 1.54) is 48.9 Å². The molecule has 3 aromatic rings. The summed E-state index contributed by atoms with van der Waals surface area (Å²) in [7, 11) is 1.41. The number of benzene rings is 2. The molecule has 1 atom stereocenters. The Labute approximate surface area is 219 Å². The highest BCUT2D eigenvalue weighted by Crippen LogP contribution is 2.36. The Bertz CT molecular complexity index is 1600. The highest BCUT2D eigenvalue weighted by atomic mass is 35.5. The van der Waals surface area contributed by atoms with Gasteiger partial charge in [-0.2, -0.15) is 0 Å². The van der Waals surface area contributed by atoms with Gasteiger partial charge in [0.1, 0.15) is 5.82 Å². The van der Waals surface area contributed by atoms with Crippen molar-refractivity contribution in [3.63, 3.8) is 0 Å². The molecule has 1 aromatic heterocycles. The molecule has 0 radical (unpaired) electrons. The molecule has 0 amide bonds. The Balaban J connectivity index is 1.98. The molecular weight excluding hydrogens is 523 g/mol. The number of thiazole rings is 1. The zero-order chi connectivity index (χ0) is 26.9. The summed E-state index contributed by atoms with van der Waals surface area (Å²) in [6.45, 7) is 4.70. The monoisotopic (exact) mass is 544 g/mol. The summed E-state index contributed by atoms with van der Waals surface area (Å²) in [4.78, 5) is 43.0. The van der Waals surface area contributed by atoms with Gasteiger partial charge in [-0.3, -0.25) is 14.2 Å². The molecule has 0 unspecified atom stereocenters. The third kappa shape index (κ3) is 5.07. The Kier molecular flexibility index (Phi) is 7.60. The van der Waals surface area contributed by atoms with E-state index in [2.05, 4.69) is 4.99 Å². The molecule has 0 saturated carbocycles. The van der Waals surface area contributed by atoms with Gasteiger partial charge < -0.3 is 14.2 Å². The number of hydrogen-bond donors (Lipinski definition) is 0. The number of fused-ring (bicyclic) bond motifs is 1. The van der Waals surface area contributed by atoms with Crippen LogP contribution in [0, 0.1) is 5.82 Å². The third-order valence-corrected chi connectivity index (χ3v) is 6.86. The maximum atomic E-state index is 14.5. The van der Waals surface area contributed by atoms with E-state index in [0.29, 0.717) is 16.1 Å². The number of nitrogens with zero attached hydrogens (tertiary/aromatic N) is 2. The fraction of sp³-hybridized carbons (Fsp3) is 0.231. The Morgan fingerprint density at radius 1 is 1.24 bits per heavy atom. The fourth-order valence-corrected chi connectivity index (χ4v) is 5.23. The van der Waals surface area contributed by atoms with Crippen LogP contribution in [0.15, 0.2) is 57.5 Å². The minimum absolute atomic E-state index is 0.0692. The van der Waals surface area contributed by atoms with Gasteiger partial charge in [0.2, 0.25) is 0 Å². The van der Waals surface area contributed by atoms with Crippen molar-refractivity contribution in [2.24, 2.45) is 4.99 Å². The standard InChI is InChI=1S/C26H22ClFN2O6S/c1-5-35-25(33)22-13(2)29-26-30(23(22)15-9-10-19(36-14(3)31)20(11-15)34-4)24(32)21(37-26)12-16-17(27)7-6-8-18(16)28/h6-12,23H,5H2,1-4H3/b21-12-/t23-/m1/s1. The number of allylic oxidation sites excluding steroid dienone is 1. The summed E-state index contributed by atoms with van der Waals surface area (Å²) in [6, 6.07) is 8.02. The first-order valence-electron chi connectivity index (χ1n) is 11.2. The molecule has 2 heterocycles. The highest BCUT2D eigenvalue weighted by molar-refractivity contribution is 7.07. The van der Waals surface area contributed by atoms with Crippen LogP contribution in [0.3, 0.4) is 0 Å². The van der Waals surface area contributed by atoms with Crippen LogP contribution >= 0.6 is 22.9 Å². The van der Waals surface area contributed by atoms with Gasteiger partial charge in [-0.05, 0) is 49.8 Å². The van der Waals surface area contributed by atoms with Crippen LogP contribution in [0.4, 0.5) is 4.39 Å². The lowest BCUT2D eigenvalue weighted by Crippen LogP contribution is -2.40. The summed E-state index contributed by atoms with van der Waals surface area (Å²) >= 11 is 7.21. The number of rotatable bonds is 6. The van der Waals surface area contributed by atoms with Crippen molar-refractivity contribution in [3.05, 3.63) is 89.3 Å². The van der Waals surface area contributed by atoms with Crippen molar-refractivity contribution in [3.8, 4) is 11.5 Å². The van der Waals surface area contributed by atoms with Gasteiger partial charge in [0.15, 0.2) is 16.3 Å². The SMILES string of the molecule is CCOC(=O)C1=C(C)N=c2s/c(=C\c3c(F)cccc3Cl)c(=O)n2[C@@H]1c1ccc(OC(C)=O)c(OC)c1. The molecule has 0 aliphatic carbocycles. The molecule has 2 aromatic carbocycles. The lowest BCUT2D eigenvalue weighted by molar-refractivity contribution is -0.139. The zero-order valence-corrected chi connectivity index (χ0v) is 21.9. The molecule has 0 spiro atoms. The van der Waals surface area contributed by atoms with Crippen molar-refractivity contribution in [2.75, 3.05) is 13.7 Å². The first kappa shape index (κ1) is 26.3. The fourth-order valence-electron chi connectivity index (χ4n) is 3.98. The number of carbonyl (C=O) groups is 2. The molecule has 192 valence electrons. The second-order valence-electron chi connectivity index (χ2n) is 7.94. The summed E-state index contributed by atoms with van der Waals surface area (Å²) in [6.07, 6.45) is 1.37. The van der Waals surface area contributed by atoms with Crippen LogP contribution in [-0.2, 0) is 14.3 Å². The number of hydrogen-bond acceptors (Lipinski definition) is 8. The summed E-state index contributed by atoms with van der Waals surface area (Å²) < 4.78 is 31.9. The van der Waals surface area contributed by atoms with E-state index < -0.39 is 29.4 Å². The van der Waals surface area contributed by atoms with Gasteiger partial charge in [-0.1, -0.05) is 35.1 Å². The average molecular weight is 545 g/mol. The van der Waals surface area contributed by atoms with E-state index in [-0.39, 0.29) is 38.8 Å². The Hall–Kier alpha value is -3.76. The summed E-state index contributed by atoms with van der Waals surface area (Å²) in [5, 5.41) is 0.150. The van der Waals surface area contributed by atoms with Crippen LogP contribution in [-0.4, -0.2) is 30.2 Å². The van der Waals surface area contributed by atoms with E-state index in [1.54, 1.807) is 26.0 Å². The van der Waals surface area contributed by atoms with E-state index >= 15 is 0 Å². The normalized spacial score (nSPS) is 15.2. The average Bonchev–Trinajstić information content (AvgIpc) is 3.15. The first-order valence-corrected chi connectivity index (χ1v) is 12.4. The minimum Gasteiger partial charge on any atom is -0.493 e. The lowest BCUT2D eigenvalue weighted by atomic mass is 9.95. The molecule has 4 rings (SSSR count). The number of esters is 2. The topological polar surface area (TPSA) is 96.2 Å². The van der Waals surface area contributed by atoms with Crippen molar-refractivity contribution in [2.45, 2.75) is 26.8 Å². The molecule has 1 aliphatic heterocycles. The predicted molar refractivity (Wildman–Crippen MR) is 136 cm³/mol. The minimum atomic E-state index is -0.936. The molecule has 0 bridgehead atoms. The molecule has 0 saturated heterocycles. The van der Waals surface area contributed by atoms with Crippen molar-refractivity contribution in [1.82, 2.24) is 4.57 Å². The number of methoxy groups -OCH3 is 1. The van der Waals surface area contributed by atoms with Gasteiger partial charge in [0.25, 0.3) is 5.56 Å². The van der Waals surface area contributed by atoms with Gasteiger partial charge in [0, 0.05) is 12.5 Å². The second-order valence-corrected chi connectivity index (χ2v) is 9.36. The first-order chi connectivity index (χ1) is 17.7. The maximum Gasteiger partial charge on any atom is 0.338 e. The number of aromatic nitrogens is 1. The van der Waals surface area contributed by atoms with Crippen LogP contribution in [0.25, 0.3) is 6.08 Å².